The summed E-state index contributed by atoms with van der Waals surface area (Å²) in [5, 5.41) is 0.971. The van der Waals surface area contributed by atoms with Crippen LogP contribution in [0.25, 0.3) is 0 Å². The van der Waals surface area contributed by atoms with Gasteiger partial charge in [-0.25, -0.2) is 0 Å². The number of hydrogen-bond donors (Lipinski definition) is 0. The summed E-state index contributed by atoms with van der Waals surface area (Å²) in [7, 11) is 0. The highest BCUT2D eigenvalue weighted by atomic mass is 79.9. The number of nitrogens with zero attached hydrogens (tertiary/aromatic N) is 1. The van der Waals surface area contributed by atoms with E-state index in [1.807, 2.05) is 4.90 Å². The van der Waals surface area contributed by atoms with Crippen molar-refractivity contribution in [1.82, 2.24) is 4.90 Å². The maximum absolute atomic E-state index is 12.0. The van der Waals surface area contributed by atoms with Gasteiger partial charge >= 0.3 is 0 Å². The molecule has 1 amide bonds. The Labute approximate surface area is 98.0 Å². The fourth-order valence-electron chi connectivity index (χ4n) is 1.99. The lowest BCUT2D eigenvalue weighted by molar-refractivity contribution is -0.157. The highest BCUT2D eigenvalue weighted by Crippen LogP contribution is 2.19. The van der Waals surface area contributed by atoms with E-state index in [-0.39, 0.29) is 12.0 Å². The zero-order valence-electron chi connectivity index (χ0n) is 8.65. The van der Waals surface area contributed by atoms with Crippen LogP contribution < -0.4 is 0 Å². The fraction of sp³-hybridized carbons (Fsp3) is 0.900. The van der Waals surface area contributed by atoms with Crippen molar-refractivity contribution in [3.8, 4) is 0 Å². The van der Waals surface area contributed by atoms with Gasteiger partial charge in [0.25, 0.3) is 5.91 Å². The molecule has 2 aliphatic rings. The molecule has 2 saturated heterocycles. The molecule has 2 aliphatic heterocycles. The van der Waals surface area contributed by atoms with Crippen LogP contribution in [0.4, 0.5) is 0 Å². The molecule has 86 valence electrons. The quantitative estimate of drug-likeness (QED) is 0.696. The van der Waals surface area contributed by atoms with E-state index in [0.717, 1.165) is 24.8 Å². The fourth-order valence-corrected chi connectivity index (χ4v) is 2.52. The highest BCUT2D eigenvalue weighted by Gasteiger charge is 2.32. The molecule has 0 aliphatic carbocycles. The number of hydrogen-bond acceptors (Lipinski definition) is 3. The summed E-state index contributed by atoms with van der Waals surface area (Å²) in [6.07, 6.45) is 0.720. The molecule has 4 nitrogen and oxygen atoms in total. The predicted molar refractivity (Wildman–Crippen MR) is 59.0 cm³/mol. The first-order valence-corrected chi connectivity index (χ1v) is 6.47. The summed E-state index contributed by atoms with van der Waals surface area (Å²) in [5.41, 5.74) is 0. The van der Waals surface area contributed by atoms with E-state index in [4.69, 9.17) is 9.47 Å². The molecular weight excluding hydrogens is 262 g/mol. The molecule has 2 heterocycles. The number of halogens is 1. The molecule has 0 aromatic heterocycles. The minimum Gasteiger partial charge on any atom is -0.376 e. The molecule has 2 rings (SSSR count). The smallest absolute Gasteiger partial charge is 0.254 e. The molecule has 15 heavy (non-hydrogen) atoms. The van der Waals surface area contributed by atoms with Crippen molar-refractivity contribution < 1.29 is 14.3 Å². The third-order valence-corrected chi connectivity index (χ3v) is 3.82. The van der Waals surface area contributed by atoms with Crippen LogP contribution in [0.3, 0.4) is 0 Å². The van der Waals surface area contributed by atoms with Gasteiger partial charge in [-0.3, -0.25) is 4.79 Å². The van der Waals surface area contributed by atoms with Crippen LogP contribution in [0.15, 0.2) is 0 Å². The number of carbonyl (C=O) groups excluding carboxylic acids is 1. The summed E-state index contributed by atoms with van der Waals surface area (Å²) in [6, 6.07) is 0. The predicted octanol–water partition coefficient (Wildman–Crippen LogP) is 0.645. The number of alkyl halides is 1. The Balaban J connectivity index is 1.85. The average Bonchev–Trinajstić information content (AvgIpc) is 2.78. The van der Waals surface area contributed by atoms with Gasteiger partial charge in [-0.1, -0.05) is 15.9 Å². The summed E-state index contributed by atoms with van der Waals surface area (Å²) in [6.45, 7) is 3.26. The lowest BCUT2D eigenvalue weighted by Gasteiger charge is -2.26. The van der Waals surface area contributed by atoms with Crippen LogP contribution in [0.1, 0.15) is 6.42 Å². The molecule has 2 fully saturated rings. The van der Waals surface area contributed by atoms with Gasteiger partial charge in [0.2, 0.25) is 0 Å². The number of ether oxygens (including phenoxy) is 2. The molecule has 2 atom stereocenters. The highest BCUT2D eigenvalue weighted by molar-refractivity contribution is 9.09. The second-order valence-corrected chi connectivity index (χ2v) is 4.68. The van der Waals surface area contributed by atoms with E-state index in [9.17, 15) is 4.79 Å². The average molecular weight is 278 g/mol. The largest absolute Gasteiger partial charge is 0.376 e. The van der Waals surface area contributed by atoms with E-state index in [0.29, 0.717) is 25.7 Å². The summed E-state index contributed by atoms with van der Waals surface area (Å²) >= 11 is 3.45. The van der Waals surface area contributed by atoms with E-state index in [1.54, 1.807) is 0 Å². The summed E-state index contributed by atoms with van der Waals surface area (Å²) in [4.78, 5) is 13.9. The Morgan fingerprint density at radius 2 is 2.33 bits per heavy atom. The first-order valence-electron chi connectivity index (χ1n) is 5.35. The summed E-state index contributed by atoms with van der Waals surface area (Å²) < 4.78 is 10.6. The minimum absolute atomic E-state index is 0.0955. The van der Waals surface area contributed by atoms with Crippen molar-refractivity contribution >= 4 is 21.8 Å². The molecule has 0 spiro atoms. The van der Waals surface area contributed by atoms with Crippen molar-refractivity contribution in [2.24, 2.45) is 5.92 Å². The number of rotatable bonds is 2. The first-order chi connectivity index (χ1) is 7.31. The van der Waals surface area contributed by atoms with Crippen LogP contribution in [-0.2, 0) is 14.3 Å². The van der Waals surface area contributed by atoms with E-state index in [2.05, 4.69) is 15.9 Å². The van der Waals surface area contributed by atoms with Crippen LogP contribution in [-0.4, -0.2) is 55.2 Å². The van der Waals surface area contributed by atoms with Gasteiger partial charge < -0.3 is 14.4 Å². The lowest BCUT2D eigenvalue weighted by atomic mass is 10.2. The Morgan fingerprint density at radius 3 is 2.93 bits per heavy atom. The monoisotopic (exact) mass is 277 g/mol. The number of amides is 1. The Morgan fingerprint density at radius 1 is 1.47 bits per heavy atom. The SMILES string of the molecule is O=C(C1COCCO1)N1CCC(CBr)C1. The zero-order chi connectivity index (χ0) is 10.7. The van der Waals surface area contributed by atoms with Crippen molar-refractivity contribution in [3.63, 3.8) is 0 Å². The van der Waals surface area contributed by atoms with Gasteiger partial charge in [0.1, 0.15) is 0 Å². The van der Waals surface area contributed by atoms with Gasteiger partial charge in [-0.2, -0.15) is 0 Å². The topological polar surface area (TPSA) is 38.8 Å². The van der Waals surface area contributed by atoms with Crippen LogP contribution in [0, 0.1) is 5.92 Å². The van der Waals surface area contributed by atoms with Crippen LogP contribution >= 0.6 is 15.9 Å². The van der Waals surface area contributed by atoms with Crippen LogP contribution in [0.5, 0.6) is 0 Å². The maximum atomic E-state index is 12.0. The second kappa shape index (κ2) is 5.27. The van der Waals surface area contributed by atoms with E-state index < -0.39 is 0 Å². The zero-order valence-corrected chi connectivity index (χ0v) is 10.2. The number of carbonyl (C=O) groups is 1. The van der Waals surface area contributed by atoms with Crippen molar-refractivity contribution in [1.29, 1.82) is 0 Å². The van der Waals surface area contributed by atoms with Gasteiger partial charge in [0, 0.05) is 18.4 Å². The molecule has 0 aromatic rings. The van der Waals surface area contributed by atoms with Crippen molar-refractivity contribution in [3.05, 3.63) is 0 Å². The van der Waals surface area contributed by atoms with Gasteiger partial charge in [-0.15, -0.1) is 0 Å². The standard InChI is InChI=1S/C10H16BrNO3/c11-5-8-1-2-12(6-8)10(13)9-7-14-3-4-15-9/h8-9H,1-7H2. The minimum atomic E-state index is -0.368. The third kappa shape index (κ3) is 2.71. The Bertz CT molecular complexity index is 231. The normalized spacial score (nSPS) is 31.9. The Hall–Kier alpha value is -0.130. The number of likely N-dealkylation sites (tertiary alicyclic amines) is 1. The lowest BCUT2D eigenvalue weighted by Crippen LogP contribution is -2.44. The molecule has 0 radical (unpaired) electrons. The van der Waals surface area contributed by atoms with E-state index >= 15 is 0 Å². The molecular formula is C10H16BrNO3. The van der Waals surface area contributed by atoms with E-state index in [1.165, 1.54) is 0 Å². The summed E-state index contributed by atoms with van der Waals surface area (Å²) in [5.74, 6) is 0.691. The molecule has 0 bridgehead atoms. The molecule has 5 heteroatoms. The molecule has 0 N–H and O–H groups in total. The Kier molecular flexibility index (Phi) is 3.99. The van der Waals surface area contributed by atoms with Crippen LogP contribution in [0.2, 0.25) is 0 Å². The maximum Gasteiger partial charge on any atom is 0.254 e. The first kappa shape index (κ1) is 11.4. The molecule has 2 unspecified atom stereocenters. The van der Waals surface area contributed by atoms with Gasteiger partial charge in [-0.05, 0) is 12.3 Å². The molecule has 0 aromatic carbocycles. The van der Waals surface area contributed by atoms with Crippen molar-refractivity contribution in [2.45, 2.75) is 12.5 Å². The van der Waals surface area contributed by atoms with Gasteiger partial charge in [0.05, 0.1) is 19.8 Å². The van der Waals surface area contributed by atoms with Gasteiger partial charge in [0.15, 0.2) is 6.10 Å². The third-order valence-electron chi connectivity index (χ3n) is 2.91. The second-order valence-electron chi connectivity index (χ2n) is 4.03. The molecule has 0 saturated carbocycles. The van der Waals surface area contributed by atoms with Crippen molar-refractivity contribution in [2.75, 3.05) is 38.2 Å².